The van der Waals surface area contributed by atoms with Gasteiger partial charge in [-0.2, -0.15) is 0 Å². The van der Waals surface area contributed by atoms with E-state index >= 15 is 0 Å². The fourth-order valence-electron chi connectivity index (χ4n) is 1.90. The van der Waals surface area contributed by atoms with E-state index in [4.69, 9.17) is 5.73 Å². The maximum atomic E-state index is 11.8. The lowest BCUT2D eigenvalue weighted by atomic mass is 10.2. The van der Waals surface area contributed by atoms with Crippen LogP contribution in [0.4, 0.5) is 5.95 Å². The zero-order valence-electron chi connectivity index (χ0n) is 13.8. The highest BCUT2D eigenvalue weighted by Gasteiger charge is 2.09. The van der Waals surface area contributed by atoms with Crippen molar-refractivity contribution >= 4 is 17.9 Å². The molecule has 0 saturated carbocycles. The zero-order valence-corrected chi connectivity index (χ0v) is 13.8. The normalized spacial score (nSPS) is 11.4. The summed E-state index contributed by atoms with van der Waals surface area (Å²) < 4.78 is 10.6. The van der Waals surface area contributed by atoms with E-state index in [0.29, 0.717) is 5.69 Å². The Balaban J connectivity index is 2.22. The summed E-state index contributed by atoms with van der Waals surface area (Å²) in [6.07, 6.45) is 5.41. The Labute approximate surface area is 144 Å². The molecule has 0 aliphatic carbocycles. The van der Waals surface area contributed by atoms with Crippen LogP contribution in [0.3, 0.4) is 0 Å². The van der Waals surface area contributed by atoms with Crippen molar-refractivity contribution in [2.45, 2.75) is 0 Å². The first-order valence-corrected chi connectivity index (χ1v) is 7.26. The van der Waals surface area contributed by atoms with Gasteiger partial charge in [0.15, 0.2) is 0 Å². The van der Waals surface area contributed by atoms with Gasteiger partial charge in [-0.3, -0.25) is 5.43 Å². The molecule has 0 spiro atoms. The maximum absolute atomic E-state index is 11.8. The van der Waals surface area contributed by atoms with Gasteiger partial charge in [-0.25, -0.2) is 19.2 Å². The Morgan fingerprint density at radius 2 is 1.88 bits per heavy atom. The van der Waals surface area contributed by atoms with Gasteiger partial charge in [0.1, 0.15) is 0 Å². The topological polar surface area (TPSA) is 108 Å². The maximum Gasteiger partial charge on any atom is 0.339 e. The number of aromatic nitrogens is 2. The molecule has 1 aromatic carbocycles. The predicted molar refractivity (Wildman–Crippen MR) is 92.7 cm³/mol. The van der Waals surface area contributed by atoms with Crippen LogP contribution in [0.5, 0.6) is 0 Å². The van der Waals surface area contributed by atoms with Crippen molar-refractivity contribution in [2.24, 2.45) is 0 Å². The Kier molecular flexibility index (Phi) is 5.94. The third kappa shape index (κ3) is 4.71. The molecule has 0 bridgehead atoms. The Hall–Kier alpha value is -3.55. The molecule has 0 fully saturated rings. The Bertz CT molecular complexity index is 809. The fourth-order valence-corrected chi connectivity index (χ4v) is 1.90. The van der Waals surface area contributed by atoms with Gasteiger partial charge < -0.3 is 15.2 Å². The summed E-state index contributed by atoms with van der Waals surface area (Å²) in [4.78, 5) is 27.2. The van der Waals surface area contributed by atoms with E-state index in [9.17, 15) is 9.59 Å². The SMILES string of the molecule is COC(=O)/C=C/C(=C/Nn1cc(-c2ccccc2)nc1N)C(=O)OC. The number of nitrogens with one attached hydrogen (secondary N) is 1. The van der Waals surface area contributed by atoms with Crippen molar-refractivity contribution in [3.05, 3.63) is 60.5 Å². The molecule has 0 amide bonds. The van der Waals surface area contributed by atoms with Crippen molar-refractivity contribution in [3.63, 3.8) is 0 Å². The van der Waals surface area contributed by atoms with E-state index in [-0.39, 0.29) is 11.5 Å². The van der Waals surface area contributed by atoms with E-state index < -0.39 is 11.9 Å². The first kappa shape index (κ1) is 17.8. The Morgan fingerprint density at radius 1 is 1.16 bits per heavy atom. The molecule has 0 saturated heterocycles. The number of ether oxygens (including phenoxy) is 2. The second kappa shape index (κ2) is 8.34. The van der Waals surface area contributed by atoms with Crippen LogP contribution < -0.4 is 11.2 Å². The molecular formula is C17H18N4O4. The summed E-state index contributed by atoms with van der Waals surface area (Å²) >= 11 is 0. The highest BCUT2D eigenvalue weighted by molar-refractivity contribution is 5.94. The minimum atomic E-state index is -0.630. The lowest BCUT2D eigenvalue weighted by Crippen LogP contribution is -2.13. The van der Waals surface area contributed by atoms with Crippen molar-refractivity contribution in [1.82, 2.24) is 9.66 Å². The van der Waals surface area contributed by atoms with Gasteiger partial charge in [0, 0.05) is 17.8 Å². The molecule has 0 aliphatic rings. The average Bonchev–Trinajstić information content (AvgIpc) is 3.02. The summed E-state index contributed by atoms with van der Waals surface area (Å²) in [5, 5.41) is 0. The van der Waals surface area contributed by atoms with E-state index in [0.717, 1.165) is 11.6 Å². The number of rotatable bonds is 6. The predicted octanol–water partition coefficient (Wildman–Crippen LogP) is 1.46. The van der Waals surface area contributed by atoms with Gasteiger partial charge in [-0.15, -0.1) is 0 Å². The van der Waals surface area contributed by atoms with Crippen LogP contribution in [0.15, 0.2) is 60.5 Å². The second-order valence-corrected chi connectivity index (χ2v) is 4.80. The number of hydrogen-bond donors (Lipinski definition) is 2. The van der Waals surface area contributed by atoms with Crippen LogP contribution in [0, 0.1) is 0 Å². The summed E-state index contributed by atoms with van der Waals surface area (Å²) in [5.74, 6) is -1.02. The van der Waals surface area contributed by atoms with E-state index in [1.807, 2.05) is 30.3 Å². The molecule has 1 heterocycles. The standard InChI is InChI=1S/C17H18N4O4/c1-24-15(22)9-8-13(16(23)25-2)10-19-21-11-14(20-17(21)18)12-6-4-3-5-7-12/h3-11,19H,1-2H3,(H2,18,20)/b9-8+,13-10-. The minimum absolute atomic E-state index is 0.0993. The zero-order chi connectivity index (χ0) is 18.2. The average molecular weight is 342 g/mol. The third-order valence-electron chi connectivity index (χ3n) is 3.18. The number of nitrogen functional groups attached to an aromatic ring is 1. The van der Waals surface area contributed by atoms with Gasteiger partial charge in [-0.05, 0) is 6.08 Å². The highest BCUT2D eigenvalue weighted by atomic mass is 16.5. The number of imidazole rings is 1. The Morgan fingerprint density at radius 3 is 2.52 bits per heavy atom. The number of carbonyl (C=O) groups is 2. The van der Waals surface area contributed by atoms with Gasteiger partial charge >= 0.3 is 11.9 Å². The van der Waals surface area contributed by atoms with E-state index in [1.165, 1.54) is 31.2 Å². The van der Waals surface area contributed by atoms with Gasteiger partial charge in [0.05, 0.1) is 31.7 Å². The van der Waals surface area contributed by atoms with Crippen LogP contribution in [0.1, 0.15) is 0 Å². The van der Waals surface area contributed by atoms with Gasteiger partial charge in [0.25, 0.3) is 0 Å². The first-order chi connectivity index (χ1) is 12.0. The van der Waals surface area contributed by atoms with Crippen LogP contribution >= 0.6 is 0 Å². The van der Waals surface area contributed by atoms with Crippen molar-refractivity contribution in [2.75, 3.05) is 25.4 Å². The van der Waals surface area contributed by atoms with Crippen LogP contribution in [0.2, 0.25) is 0 Å². The molecule has 8 heteroatoms. The molecule has 0 atom stereocenters. The van der Waals surface area contributed by atoms with Crippen molar-refractivity contribution in [1.29, 1.82) is 0 Å². The highest BCUT2D eigenvalue weighted by Crippen LogP contribution is 2.18. The number of methoxy groups -OCH3 is 2. The molecule has 130 valence electrons. The van der Waals surface area contributed by atoms with Gasteiger partial charge in [0.2, 0.25) is 5.95 Å². The summed E-state index contributed by atoms with van der Waals surface area (Å²) in [5.41, 5.74) is 10.4. The number of anilines is 1. The second-order valence-electron chi connectivity index (χ2n) is 4.80. The van der Waals surface area contributed by atoms with Crippen molar-refractivity contribution in [3.8, 4) is 11.3 Å². The van der Waals surface area contributed by atoms with Crippen LogP contribution in [-0.4, -0.2) is 35.8 Å². The third-order valence-corrected chi connectivity index (χ3v) is 3.18. The molecule has 3 N–H and O–H groups in total. The molecular weight excluding hydrogens is 324 g/mol. The molecule has 25 heavy (non-hydrogen) atoms. The monoisotopic (exact) mass is 342 g/mol. The number of carbonyl (C=O) groups excluding carboxylic acids is 2. The number of hydrogen-bond acceptors (Lipinski definition) is 7. The molecule has 8 nitrogen and oxygen atoms in total. The smallest absolute Gasteiger partial charge is 0.339 e. The molecule has 0 unspecified atom stereocenters. The lowest BCUT2D eigenvalue weighted by molar-refractivity contribution is -0.135. The summed E-state index contributed by atoms with van der Waals surface area (Å²) in [6.45, 7) is 0. The van der Waals surface area contributed by atoms with E-state index in [2.05, 4.69) is 19.9 Å². The fraction of sp³-hybridized carbons (Fsp3) is 0.118. The largest absolute Gasteiger partial charge is 0.466 e. The summed E-state index contributed by atoms with van der Waals surface area (Å²) in [6, 6.07) is 9.50. The van der Waals surface area contributed by atoms with Gasteiger partial charge in [-0.1, -0.05) is 30.3 Å². The molecule has 1 aromatic heterocycles. The number of esters is 2. The molecule has 0 aliphatic heterocycles. The molecule has 2 rings (SSSR count). The quantitative estimate of drug-likeness (QED) is 0.465. The summed E-state index contributed by atoms with van der Waals surface area (Å²) in [7, 11) is 2.48. The number of nitrogens with two attached hydrogens (primary N) is 1. The first-order valence-electron chi connectivity index (χ1n) is 7.26. The lowest BCUT2D eigenvalue weighted by Gasteiger charge is -2.05. The molecule has 2 aromatic rings. The minimum Gasteiger partial charge on any atom is -0.466 e. The molecule has 0 radical (unpaired) electrons. The van der Waals surface area contributed by atoms with Crippen LogP contribution in [-0.2, 0) is 19.1 Å². The van der Waals surface area contributed by atoms with Crippen molar-refractivity contribution < 1.29 is 19.1 Å². The van der Waals surface area contributed by atoms with Crippen LogP contribution in [0.25, 0.3) is 11.3 Å². The number of nitrogens with zero attached hydrogens (tertiary/aromatic N) is 2. The number of benzene rings is 1. The van der Waals surface area contributed by atoms with E-state index in [1.54, 1.807) is 6.20 Å².